The van der Waals surface area contributed by atoms with E-state index in [0.29, 0.717) is 6.04 Å². The van der Waals surface area contributed by atoms with Crippen molar-refractivity contribution in [2.24, 2.45) is 0 Å². The molecule has 0 spiro atoms. The molecule has 1 aromatic rings. The van der Waals surface area contributed by atoms with Gasteiger partial charge in [-0.15, -0.1) is 0 Å². The largest absolute Gasteiger partial charge is 0.376 e. The number of ether oxygens (including phenoxy) is 1. The summed E-state index contributed by atoms with van der Waals surface area (Å²) in [5.41, 5.74) is 2.75. The molecule has 0 bridgehead atoms. The highest BCUT2D eigenvalue weighted by Gasteiger charge is 2.41. The van der Waals surface area contributed by atoms with E-state index in [4.69, 9.17) is 4.74 Å². The smallest absolute Gasteiger partial charge is 0.0872 e. The average molecular weight is 247 g/mol. The number of aryl methyl sites for hydroxylation is 1. The van der Waals surface area contributed by atoms with Gasteiger partial charge in [-0.3, -0.25) is 0 Å². The number of rotatable bonds is 5. The Labute approximate surface area is 111 Å². The zero-order valence-corrected chi connectivity index (χ0v) is 11.8. The minimum atomic E-state index is -0.0128. The van der Waals surface area contributed by atoms with Crippen LogP contribution in [0.1, 0.15) is 49.8 Å². The SMILES string of the molecule is CCc1cccc(C(NC)C2(OC)CCCC2)c1. The molecular weight excluding hydrogens is 222 g/mol. The molecule has 1 aliphatic carbocycles. The number of benzene rings is 1. The molecule has 0 radical (unpaired) electrons. The monoisotopic (exact) mass is 247 g/mol. The molecule has 1 saturated carbocycles. The lowest BCUT2D eigenvalue weighted by Crippen LogP contribution is -2.42. The van der Waals surface area contributed by atoms with Crippen molar-refractivity contribution in [1.82, 2.24) is 5.32 Å². The fourth-order valence-electron chi connectivity index (χ4n) is 3.31. The summed E-state index contributed by atoms with van der Waals surface area (Å²) in [6.07, 6.45) is 5.96. The van der Waals surface area contributed by atoms with Crippen LogP contribution in [0.15, 0.2) is 24.3 Å². The molecule has 0 aromatic heterocycles. The third-order valence-corrected chi connectivity index (χ3v) is 4.36. The van der Waals surface area contributed by atoms with E-state index in [1.807, 2.05) is 14.2 Å². The number of nitrogens with one attached hydrogen (secondary N) is 1. The fourth-order valence-corrected chi connectivity index (χ4v) is 3.31. The van der Waals surface area contributed by atoms with Gasteiger partial charge in [0.2, 0.25) is 0 Å². The van der Waals surface area contributed by atoms with E-state index < -0.39 is 0 Å². The number of hydrogen-bond donors (Lipinski definition) is 1. The predicted octanol–water partition coefficient (Wildman–Crippen LogP) is 3.47. The first-order valence-corrected chi connectivity index (χ1v) is 7.07. The molecular formula is C16H25NO. The lowest BCUT2D eigenvalue weighted by molar-refractivity contribution is -0.0349. The first-order valence-electron chi connectivity index (χ1n) is 7.07. The first-order chi connectivity index (χ1) is 8.75. The first kappa shape index (κ1) is 13.6. The van der Waals surface area contributed by atoms with E-state index in [2.05, 4.69) is 36.5 Å². The van der Waals surface area contributed by atoms with Crippen LogP contribution in [-0.4, -0.2) is 19.8 Å². The van der Waals surface area contributed by atoms with E-state index >= 15 is 0 Å². The minimum absolute atomic E-state index is 0.0128. The van der Waals surface area contributed by atoms with Gasteiger partial charge in [-0.25, -0.2) is 0 Å². The van der Waals surface area contributed by atoms with Gasteiger partial charge in [-0.05, 0) is 37.4 Å². The van der Waals surface area contributed by atoms with Crippen molar-refractivity contribution >= 4 is 0 Å². The molecule has 1 atom stereocenters. The minimum Gasteiger partial charge on any atom is -0.376 e. The Morgan fingerprint density at radius 1 is 1.33 bits per heavy atom. The van der Waals surface area contributed by atoms with Crippen LogP contribution >= 0.6 is 0 Å². The van der Waals surface area contributed by atoms with Gasteiger partial charge in [-0.1, -0.05) is 44.0 Å². The van der Waals surface area contributed by atoms with Gasteiger partial charge in [0.15, 0.2) is 0 Å². The second kappa shape index (κ2) is 5.85. The maximum absolute atomic E-state index is 5.92. The van der Waals surface area contributed by atoms with E-state index in [0.717, 1.165) is 19.3 Å². The van der Waals surface area contributed by atoms with Gasteiger partial charge in [0.25, 0.3) is 0 Å². The molecule has 0 saturated heterocycles. The molecule has 1 aromatic carbocycles. The highest BCUT2D eigenvalue weighted by atomic mass is 16.5. The van der Waals surface area contributed by atoms with Crippen molar-refractivity contribution in [1.29, 1.82) is 0 Å². The topological polar surface area (TPSA) is 21.3 Å². The highest BCUT2D eigenvalue weighted by Crippen LogP contribution is 2.42. The second-order valence-corrected chi connectivity index (χ2v) is 5.30. The van der Waals surface area contributed by atoms with Gasteiger partial charge in [0.1, 0.15) is 0 Å². The summed E-state index contributed by atoms with van der Waals surface area (Å²) < 4.78 is 5.92. The van der Waals surface area contributed by atoms with Crippen LogP contribution in [0, 0.1) is 0 Å². The number of hydrogen-bond acceptors (Lipinski definition) is 2. The molecule has 0 heterocycles. The van der Waals surface area contributed by atoms with E-state index in [1.165, 1.54) is 24.0 Å². The van der Waals surface area contributed by atoms with Crippen molar-refractivity contribution in [3.63, 3.8) is 0 Å². The van der Waals surface area contributed by atoms with Gasteiger partial charge in [0, 0.05) is 7.11 Å². The standard InChI is InChI=1S/C16H25NO/c1-4-13-8-7-9-14(12-13)15(17-2)16(18-3)10-5-6-11-16/h7-9,12,15,17H,4-6,10-11H2,1-3H3. The number of likely N-dealkylation sites (N-methyl/N-ethyl adjacent to an activating group) is 1. The molecule has 100 valence electrons. The van der Waals surface area contributed by atoms with Crippen LogP contribution in [0.2, 0.25) is 0 Å². The zero-order chi connectivity index (χ0) is 13.0. The Hall–Kier alpha value is -0.860. The molecule has 2 nitrogen and oxygen atoms in total. The Kier molecular flexibility index (Phi) is 4.41. The molecule has 1 aliphatic rings. The number of methoxy groups -OCH3 is 1. The predicted molar refractivity (Wildman–Crippen MR) is 75.8 cm³/mol. The summed E-state index contributed by atoms with van der Waals surface area (Å²) >= 11 is 0. The van der Waals surface area contributed by atoms with E-state index in [1.54, 1.807) is 0 Å². The van der Waals surface area contributed by atoms with Crippen molar-refractivity contribution in [3.05, 3.63) is 35.4 Å². The molecule has 0 aliphatic heterocycles. The maximum Gasteiger partial charge on any atom is 0.0872 e. The summed E-state index contributed by atoms with van der Waals surface area (Å²) in [7, 11) is 3.90. The molecule has 0 amide bonds. The summed E-state index contributed by atoms with van der Waals surface area (Å²) in [5.74, 6) is 0. The van der Waals surface area contributed by atoms with Gasteiger partial charge >= 0.3 is 0 Å². The average Bonchev–Trinajstić information content (AvgIpc) is 2.90. The summed E-state index contributed by atoms with van der Waals surface area (Å²) in [5, 5.41) is 3.48. The third kappa shape index (κ3) is 2.45. The molecule has 1 unspecified atom stereocenters. The Balaban J connectivity index is 2.31. The zero-order valence-electron chi connectivity index (χ0n) is 11.8. The van der Waals surface area contributed by atoms with E-state index in [9.17, 15) is 0 Å². The fraction of sp³-hybridized carbons (Fsp3) is 0.625. The van der Waals surface area contributed by atoms with Crippen LogP contribution < -0.4 is 5.32 Å². The van der Waals surface area contributed by atoms with Gasteiger partial charge in [-0.2, -0.15) is 0 Å². The van der Waals surface area contributed by atoms with Crippen LogP contribution in [0.25, 0.3) is 0 Å². The van der Waals surface area contributed by atoms with Gasteiger partial charge < -0.3 is 10.1 Å². The summed E-state index contributed by atoms with van der Waals surface area (Å²) in [6.45, 7) is 2.20. The van der Waals surface area contributed by atoms with Crippen LogP contribution in [0.5, 0.6) is 0 Å². The van der Waals surface area contributed by atoms with Gasteiger partial charge in [0.05, 0.1) is 11.6 Å². The third-order valence-electron chi connectivity index (χ3n) is 4.36. The van der Waals surface area contributed by atoms with Crippen molar-refractivity contribution < 1.29 is 4.74 Å². The Bertz CT molecular complexity index is 382. The van der Waals surface area contributed by atoms with Crippen LogP contribution in [0.3, 0.4) is 0 Å². The van der Waals surface area contributed by atoms with Crippen LogP contribution in [0.4, 0.5) is 0 Å². The van der Waals surface area contributed by atoms with E-state index in [-0.39, 0.29) is 5.60 Å². The highest BCUT2D eigenvalue weighted by molar-refractivity contribution is 5.28. The van der Waals surface area contributed by atoms with Crippen molar-refractivity contribution in [2.75, 3.05) is 14.2 Å². The Morgan fingerprint density at radius 3 is 2.61 bits per heavy atom. The summed E-state index contributed by atoms with van der Waals surface area (Å²) in [4.78, 5) is 0. The summed E-state index contributed by atoms with van der Waals surface area (Å²) in [6, 6.07) is 9.21. The van der Waals surface area contributed by atoms with Crippen molar-refractivity contribution in [3.8, 4) is 0 Å². The lowest BCUT2D eigenvalue weighted by Gasteiger charge is -2.36. The quantitative estimate of drug-likeness (QED) is 0.860. The normalized spacial score (nSPS) is 19.9. The Morgan fingerprint density at radius 2 is 2.06 bits per heavy atom. The van der Waals surface area contributed by atoms with Crippen molar-refractivity contribution in [2.45, 2.75) is 50.7 Å². The maximum atomic E-state index is 5.92. The van der Waals surface area contributed by atoms with Crippen LogP contribution in [-0.2, 0) is 11.2 Å². The molecule has 1 N–H and O–H groups in total. The molecule has 18 heavy (non-hydrogen) atoms. The molecule has 1 fully saturated rings. The molecule has 2 rings (SSSR count). The molecule has 2 heteroatoms. The second-order valence-electron chi connectivity index (χ2n) is 5.30. The lowest BCUT2D eigenvalue weighted by atomic mass is 9.86.